The number of nitrogens with two attached hydrogens (primary N) is 1. The lowest BCUT2D eigenvalue weighted by molar-refractivity contribution is 0.141. The highest BCUT2D eigenvalue weighted by molar-refractivity contribution is 5.50. The minimum Gasteiger partial charge on any atom is -0.380 e. The van der Waals surface area contributed by atoms with Gasteiger partial charge in [0.25, 0.3) is 0 Å². The minimum atomic E-state index is 0.267. The molecule has 1 aromatic heterocycles. The summed E-state index contributed by atoms with van der Waals surface area (Å²) in [6, 6.07) is 1.84. The molecule has 0 aliphatic carbocycles. The van der Waals surface area contributed by atoms with Crippen molar-refractivity contribution in [1.82, 2.24) is 9.97 Å². The molecule has 6 heteroatoms. The van der Waals surface area contributed by atoms with E-state index in [-0.39, 0.29) is 5.95 Å². The third-order valence-electron chi connectivity index (χ3n) is 2.30. The van der Waals surface area contributed by atoms with Crippen LogP contribution < -0.4 is 16.4 Å². The van der Waals surface area contributed by atoms with E-state index in [4.69, 9.17) is 10.5 Å². The number of nitrogens with zero attached hydrogens (tertiary/aromatic N) is 2. The number of nitrogen functional groups attached to an aromatic ring is 1. The van der Waals surface area contributed by atoms with E-state index in [1.54, 1.807) is 0 Å². The molecule has 0 fully saturated rings. The van der Waals surface area contributed by atoms with Crippen molar-refractivity contribution in [2.24, 2.45) is 0 Å². The number of hydrogen-bond donors (Lipinski definition) is 3. The molecule has 0 saturated heterocycles. The van der Waals surface area contributed by atoms with Crippen molar-refractivity contribution in [3.8, 4) is 0 Å². The van der Waals surface area contributed by atoms with E-state index in [0.717, 1.165) is 37.6 Å². The summed E-state index contributed by atoms with van der Waals surface area (Å²) in [7, 11) is 0. The largest absolute Gasteiger partial charge is 0.380 e. The standard InChI is InChI=1S/C12H23N5O/c1-3-5-7-18-8-6-15-11-9-10(14-4-2)16-12(13)17-11/h9H,3-8H2,1-2H3,(H4,13,14,15,16,17). The van der Waals surface area contributed by atoms with Crippen LogP contribution in [0.3, 0.4) is 0 Å². The first-order valence-corrected chi connectivity index (χ1v) is 6.46. The maximum atomic E-state index is 5.63. The number of rotatable bonds is 9. The fraction of sp³-hybridized carbons (Fsp3) is 0.667. The van der Waals surface area contributed by atoms with Gasteiger partial charge in [-0.2, -0.15) is 9.97 Å². The van der Waals surface area contributed by atoms with Crippen molar-refractivity contribution >= 4 is 17.6 Å². The summed E-state index contributed by atoms with van der Waals surface area (Å²) in [5.41, 5.74) is 5.63. The predicted octanol–water partition coefficient (Wildman–Crippen LogP) is 1.72. The van der Waals surface area contributed by atoms with Crippen molar-refractivity contribution in [3.05, 3.63) is 6.07 Å². The summed E-state index contributed by atoms with van der Waals surface area (Å²) < 4.78 is 5.45. The zero-order chi connectivity index (χ0) is 13.2. The van der Waals surface area contributed by atoms with Gasteiger partial charge in [0.2, 0.25) is 5.95 Å². The second-order valence-electron chi connectivity index (χ2n) is 3.92. The van der Waals surface area contributed by atoms with Gasteiger partial charge in [0.05, 0.1) is 6.61 Å². The van der Waals surface area contributed by atoms with Crippen LogP contribution in [0.2, 0.25) is 0 Å². The van der Waals surface area contributed by atoms with Crippen LogP contribution in [-0.4, -0.2) is 36.3 Å². The Morgan fingerprint density at radius 2 is 1.89 bits per heavy atom. The lowest BCUT2D eigenvalue weighted by Crippen LogP contribution is -2.12. The van der Waals surface area contributed by atoms with Gasteiger partial charge in [-0.15, -0.1) is 0 Å². The molecule has 102 valence electrons. The van der Waals surface area contributed by atoms with Crippen LogP contribution in [0.15, 0.2) is 6.07 Å². The molecule has 0 unspecified atom stereocenters. The molecule has 18 heavy (non-hydrogen) atoms. The smallest absolute Gasteiger partial charge is 0.223 e. The van der Waals surface area contributed by atoms with Gasteiger partial charge in [0, 0.05) is 25.8 Å². The van der Waals surface area contributed by atoms with Crippen LogP contribution in [0, 0.1) is 0 Å². The molecule has 0 aliphatic rings. The monoisotopic (exact) mass is 253 g/mol. The Hall–Kier alpha value is -1.56. The summed E-state index contributed by atoms with van der Waals surface area (Å²) >= 11 is 0. The Balaban J connectivity index is 2.32. The van der Waals surface area contributed by atoms with E-state index in [2.05, 4.69) is 27.5 Å². The van der Waals surface area contributed by atoms with Crippen LogP contribution in [0.4, 0.5) is 17.6 Å². The number of ether oxygens (including phenoxy) is 1. The molecule has 1 heterocycles. The van der Waals surface area contributed by atoms with Crippen molar-refractivity contribution in [2.75, 3.05) is 42.7 Å². The van der Waals surface area contributed by atoms with Crippen molar-refractivity contribution in [3.63, 3.8) is 0 Å². The molecule has 0 saturated carbocycles. The third kappa shape index (κ3) is 5.67. The van der Waals surface area contributed by atoms with Gasteiger partial charge >= 0.3 is 0 Å². The average Bonchev–Trinajstić information content (AvgIpc) is 2.33. The molecule has 1 rings (SSSR count). The quantitative estimate of drug-likeness (QED) is 0.581. The van der Waals surface area contributed by atoms with Gasteiger partial charge in [0.15, 0.2) is 0 Å². The van der Waals surface area contributed by atoms with Crippen LogP contribution in [-0.2, 0) is 4.74 Å². The summed E-state index contributed by atoms with van der Waals surface area (Å²) in [4.78, 5) is 8.19. The molecule has 0 aromatic carbocycles. The zero-order valence-electron chi connectivity index (χ0n) is 11.2. The highest BCUT2D eigenvalue weighted by Crippen LogP contribution is 2.11. The van der Waals surface area contributed by atoms with Gasteiger partial charge in [-0.1, -0.05) is 13.3 Å². The van der Waals surface area contributed by atoms with Gasteiger partial charge < -0.3 is 21.1 Å². The predicted molar refractivity (Wildman–Crippen MR) is 74.8 cm³/mol. The van der Waals surface area contributed by atoms with Gasteiger partial charge in [0.1, 0.15) is 11.6 Å². The normalized spacial score (nSPS) is 10.3. The molecule has 0 bridgehead atoms. The minimum absolute atomic E-state index is 0.267. The molecule has 0 radical (unpaired) electrons. The molecule has 6 nitrogen and oxygen atoms in total. The van der Waals surface area contributed by atoms with Crippen LogP contribution in [0.25, 0.3) is 0 Å². The first-order valence-electron chi connectivity index (χ1n) is 6.46. The van der Waals surface area contributed by atoms with E-state index in [9.17, 15) is 0 Å². The van der Waals surface area contributed by atoms with Crippen LogP contribution in [0.1, 0.15) is 26.7 Å². The summed E-state index contributed by atoms with van der Waals surface area (Å²) in [5.74, 6) is 1.72. The molecule has 0 aliphatic heterocycles. The van der Waals surface area contributed by atoms with Crippen LogP contribution in [0.5, 0.6) is 0 Å². The first-order chi connectivity index (χ1) is 8.76. The van der Waals surface area contributed by atoms with E-state index >= 15 is 0 Å². The Morgan fingerprint density at radius 1 is 1.17 bits per heavy atom. The molecule has 4 N–H and O–H groups in total. The summed E-state index contributed by atoms with van der Waals surface area (Å²) in [5, 5.41) is 6.27. The highest BCUT2D eigenvalue weighted by atomic mass is 16.5. The van der Waals surface area contributed by atoms with E-state index in [0.29, 0.717) is 13.2 Å². The van der Waals surface area contributed by atoms with E-state index in [1.807, 2.05) is 13.0 Å². The van der Waals surface area contributed by atoms with Gasteiger partial charge in [-0.3, -0.25) is 0 Å². The Labute approximate surface area is 108 Å². The lowest BCUT2D eigenvalue weighted by Gasteiger charge is -2.09. The number of unbranched alkanes of at least 4 members (excludes halogenated alkanes) is 1. The highest BCUT2D eigenvalue weighted by Gasteiger charge is 2.00. The average molecular weight is 253 g/mol. The number of nitrogens with one attached hydrogen (secondary N) is 2. The van der Waals surface area contributed by atoms with Crippen LogP contribution >= 0.6 is 0 Å². The second-order valence-corrected chi connectivity index (χ2v) is 3.92. The fourth-order valence-electron chi connectivity index (χ4n) is 1.43. The maximum Gasteiger partial charge on any atom is 0.223 e. The topological polar surface area (TPSA) is 85.1 Å². The summed E-state index contributed by atoms with van der Waals surface area (Å²) in [6.45, 7) is 7.15. The molecule has 0 atom stereocenters. The number of aromatic nitrogens is 2. The molecule has 0 spiro atoms. The Morgan fingerprint density at radius 3 is 2.56 bits per heavy atom. The fourth-order valence-corrected chi connectivity index (χ4v) is 1.43. The van der Waals surface area contributed by atoms with Gasteiger partial charge in [-0.25, -0.2) is 0 Å². The summed E-state index contributed by atoms with van der Waals surface area (Å²) in [6.07, 6.45) is 2.26. The molecular formula is C12H23N5O. The van der Waals surface area contributed by atoms with Crippen molar-refractivity contribution in [1.29, 1.82) is 0 Å². The number of anilines is 3. The number of hydrogen-bond acceptors (Lipinski definition) is 6. The van der Waals surface area contributed by atoms with Crippen molar-refractivity contribution in [2.45, 2.75) is 26.7 Å². The SMILES string of the molecule is CCCCOCCNc1cc(NCC)nc(N)n1. The Bertz CT molecular complexity index is 345. The van der Waals surface area contributed by atoms with E-state index < -0.39 is 0 Å². The zero-order valence-corrected chi connectivity index (χ0v) is 11.2. The first kappa shape index (κ1) is 14.5. The molecule has 1 aromatic rings. The molecule has 0 amide bonds. The van der Waals surface area contributed by atoms with Crippen molar-refractivity contribution < 1.29 is 4.74 Å². The van der Waals surface area contributed by atoms with Gasteiger partial charge in [-0.05, 0) is 13.3 Å². The van der Waals surface area contributed by atoms with E-state index in [1.165, 1.54) is 0 Å². The maximum absolute atomic E-state index is 5.63. The second kappa shape index (κ2) is 8.52. The third-order valence-corrected chi connectivity index (χ3v) is 2.30. The molecular weight excluding hydrogens is 230 g/mol. The Kier molecular flexibility index (Phi) is 6.86. The lowest BCUT2D eigenvalue weighted by atomic mass is 10.4.